The number of allylic oxidation sites excluding steroid dienone is 18. The molecular weight excluding hydrogens is 635 g/mol. The second-order valence-corrected chi connectivity index (χ2v) is 15.8. The largest absolute Gasteiger partial charge is 0.314 e. The van der Waals surface area contributed by atoms with Crippen LogP contribution in [-0.2, 0) is 0 Å². The number of thioether (sulfide) groups is 1. The fourth-order valence-electron chi connectivity index (χ4n) is 8.65. The second kappa shape index (κ2) is 14.1. The van der Waals surface area contributed by atoms with Gasteiger partial charge in [-0.2, -0.15) is 0 Å². The van der Waals surface area contributed by atoms with Crippen LogP contribution < -0.4 is 4.90 Å². The molecule has 51 heavy (non-hydrogen) atoms. The van der Waals surface area contributed by atoms with Crippen LogP contribution >= 0.6 is 11.8 Å². The van der Waals surface area contributed by atoms with E-state index in [0.29, 0.717) is 23.0 Å². The van der Waals surface area contributed by atoms with Crippen LogP contribution in [0.5, 0.6) is 0 Å². The van der Waals surface area contributed by atoms with Crippen molar-refractivity contribution in [2.45, 2.75) is 62.5 Å². The average Bonchev–Trinajstić information content (AvgIpc) is 3.59. The quantitative estimate of drug-likeness (QED) is 0.244. The molecule has 0 saturated heterocycles. The summed E-state index contributed by atoms with van der Waals surface area (Å²) in [6.07, 6.45) is 39.3. The van der Waals surface area contributed by atoms with Crippen molar-refractivity contribution in [2.75, 3.05) is 4.90 Å². The summed E-state index contributed by atoms with van der Waals surface area (Å²) in [5.41, 5.74) is 15.0. The highest BCUT2D eigenvalue weighted by Crippen LogP contribution is 2.53. The molecule has 9 rings (SSSR count). The van der Waals surface area contributed by atoms with Crippen LogP contribution in [0.2, 0.25) is 0 Å². The molecule has 0 aromatic heterocycles. The third-order valence-electron chi connectivity index (χ3n) is 11.3. The van der Waals surface area contributed by atoms with Gasteiger partial charge in [-0.05, 0) is 113 Å². The summed E-state index contributed by atoms with van der Waals surface area (Å²) < 4.78 is 0. The zero-order chi connectivity index (χ0) is 34.1. The lowest BCUT2D eigenvalue weighted by atomic mass is 9.83. The third kappa shape index (κ3) is 6.36. The van der Waals surface area contributed by atoms with Crippen LogP contribution in [0.15, 0.2) is 191 Å². The van der Waals surface area contributed by atoms with Crippen molar-refractivity contribution in [3.05, 3.63) is 202 Å². The molecule has 0 amide bonds. The molecule has 3 aromatic rings. The van der Waals surface area contributed by atoms with Gasteiger partial charge in [0.05, 0.1) is 0 Å². The minimum absolute atomic E-state index is 0.356. The van der Waals surface area contributed by atoms with E-state index in [4.69, 9.17) is 0 Å². The van der Waals surface area contributed by atoms with Gasteiger partial charge in [0.25, 0.3) is 0 Å². The number of hydrogen-bond acceptors (Lipinski definition) is 2. The van der Waals surface area contributed by atoms with Crippen LogP contribution in [0.25, 0.3) is 11.1 Å². The first-order chi connectivity index (χ1) is 25.2. The molecule has 0 saturated carbocycles. The molecule has 0 spiro atoms. The van der Waals surface area contributed by atoms with Gasteiger partial charge in [0, 0.05) is 45.0 Å². The SMILES string of the molecule is CC1CC(C2=CCCC=C2)=CC=C1N(c1ccc(C2C=CC=C3C4=C(C=CCC4)SC32)cc1)c1cc(-c2ccccc2)cc(C2C=CC=CC2)c1. The number of anilines is 2. The van der Waals surface area contributed by atoms with Gasteiger partial charge in [0.2, 0.25) is 0 Å². The predicted molar refractivity (Wildman–Crippen MR) is 219 cm³/mol. The van der Waals surface area contributed by atoms with Gasteiger partial charge in [-0.25, -0.2) is 0 Å². The average molecular weight is 680 g/mol. The summed E-state index contributed by atoms with van der Waals surface area (Å²) >= 11 is 2.07. The summed E-state index contributed by atoms with van der Waals surface area (Å²) in [7, 11) is 0. The highest BCUT2D eigenvalue weighted by Gasteiger charge is 2.36. The van der Waals surface area contributed by atoms with Gasteiger partial charge in [-0.3, -0.25) is 0 Å². The highest BCUT2D eigenvalue weighted by atomic mass is 32.2. The number of fused-ring (bicyclic) bond motifs is 2. The standard InChI is InChI=1S/C49H45NS/c1-34-30-39(35-14-5-2-6-15-35)26-29-47(34)50(43-32-40(36-16-7-3-8-17-36)31-41(33-43)37-18-9-4-10-19-37)42-27-24-38(25-28-42)44-21-13-22-46-45-20-11-12-23-48(45)51-49(44)46/h3-5,7-10,12-18,21-29,31-34,37,44,49H,2,6,11,19-20,30H2,1H3. The van der Waals surface area contributed by atoms with Gasteiger partial charge >= 0.3 is 0 Å². The zero-order valence-corrected chi connectivity index (χ0v) is 30.2. The minimum atomic E-state index is 0.356. The van der Waals surface area contributed by atoms with Crippen LogP contribution in [0.1, 0.15) is 68.4 Å². The number of benzene rings is 3. The van der Waals surface area contributed by atoms with Crippen molar-refractivity contribution >= 4 is 23.1 Å². The maximum absolute atomic E-state index is 2.56. The summed E-state index contributed by atoms with van der Waals surface area (Å²) in [6, 6.07) is 27.7. The van der Waals surface area contributed by atoms with Crippen molar-refractivity contribution < 1.29 is 0 Å². The van der Waals surface area contributed by atoms with Crippen LogP contribution in [0, 0.1) is 5.92 Å². The normalized spacial score (nSPS) is 24.8. The van der Waals surface area contributed by atoms with Crippen LogP contribution in [0.3, 0.4) is 0 Å². The Morgan fingerprint density at radius 3 is 2.39 bits per heavy atom. The molecule has 1 nitrogen and oxygen atoms in total. The smallest absolute Gasteiger partial charge is 0.0467 e. The zero-order valence-electron chi connectivity index (χ0n) is 29.4. The lowest BCUT2D eigenvalue weighted by Gasteiger charge is -2.35. The molecule has 0 fully saturated rings. The molecule has 2 heteroatoms. The van der Waals surface area contributed by atoms with Crippen molar-refractivity contribution in [1.82, 2.24) is 0 Å². The van der Waals surface area contributed by atoms with Crippen molar-refractivity contribution in [3.63, 3.8) is 0 Å². The van der Waals surface area contributed by atoms with Gasteiger partial charge in [0.1, 0.15) is 0 Å². The van der Waals surface area contributed by atoms with E-state index < -0.39 is 0 Å². The molecule has 0 radical (unpaired) electrons. The van der Waals surface area contributed by atoms with E-state index in [-0.39, 0.29) is 0 Å². The van der Waals surface area contributed by atoms with Crippen molar-refractivity contribution in [3.8, 4) is 11.1 Å². The minimum Gasteiger partial charge on any atom is -0.314 e. The molecular formula is C49H45NS. The molecule has 0 bridgehead atoms. The molecule has 252 valence electrons. The topological polar surface area (TPSA) is 3.24 Å². The van der Waals surface area contributed by atoms with Crippen molar-refractivity contribution in [1.29, 1.82) is 0 Å². The first kappa shape index (κ1) is 32.1. The Morgan fingerprint density at radius 2 is 1.59 bits per heavy atom. The Bertz CT molecular complexity index is 2140. The summed E-state index contributed by atoms with van der Waals surface area (Å²) in [6.45, 7) is 2.41. The Balaban J connectivity index is 1.13. The fourth-order valence-corrected chi connectivity index (χ4v) is 10.2. The molecule has 3 aromatic carbocycles. The van der Waals surface area contributed by atoms with Crippen LogP contribution in [-0.4, -0.2) is 5.25 Å². The Kier molecular flexibility index (Phi) is 8.88. The van der Waals surface area contributed by atoms with Gasteiger partial charge in [-0.1, -0.05) is 134 Å². The molecule has 6 aliphatic rings. The van der Waals surface area contributed by atoms with Crippen molar-refractivity contribution in [2.24, 2.45) is 5.92 Å². The maximum Gasteiger partial charge on any atom is 0.0467 e. The van der Waals surface area contributed by atoms with E-state index >= 15 is 0 Å². The van der Waals surface area contributed by atoms with Gasteiger partial charge < -0.3 is 4.90 Å². The Morgan fingerprint density at radius 1 is 0.706 bits per heavy atom. The lowest BCUT2D eigenvalue weighted by molar-refractivity contribution is 0.651. The first-order valence-corrected chi connectivity index (χ1v) is 19.7. The fraction of sp³-hybridized carbons (Fsp3) is 0.224. The first-order valence-electron chi connectivity index (χ1n) is 18.9. The Hall–Kier alpha value is -4.79. The molecule has 4 unspecified atom stereocenters. The molecule has 1 aliphatic heterocycles. The lowest BCUT2D eigenvalue weighted by Crippen LogP contribution is -2.24. The molecule has 1 heterocycles. The third-order valence-corrected chi connectivity index (χ3v) is 12.8. The highest BCUT2D eigenvalue weighted by molar-refractivity contribution is 8.04. The van der Waals surface area contributed by atoms with Gasteiger partial charge in [0.15, 0.2) is 0 Å². The van der Waals surface area contributed by atoms with E-state index in [9.17, 15) is 0 Å². The second-order valence-electron chi connectivity index (χ2n) is 14.6. The Labute approximate surface area is 308 Å². The predicted octanol–water partition coefficient (Wildman–Crippen LogP) is 13.5. The maximum atomic E-state index is 2.56. The number of nitrogens with zero attached hydrogens (tertiary/aromatic N) is 1. The van der Waals surface area contributed by atoms with E-state index in [1.165, 1.54) is 61.8 Å². The van der Waals surface area contributed by atoms with E-state index in [2.05, 4.69) is 181 Å². The summed E-state index contributed by atoms with van der Waals surface area (Å²) in [5.74, 6) is 1.08. The van der Waals surface area contributed by atoms with E-state index in [1.807, 2.05) is 0 Å². The summed E-state index contributed by atoms with van der Waals surface area (Å²) in [5, 5.41) is 0.459. The summed E-state index contributed by atoms with van der Waals surface area (Å²) in [4.78, 5) is 4.04. The van der Waals surface area contributed by atoms with Crippen LogP contribution in [0.4, 0.5) is 11.4 Å². The molecule has 4 atom stereocenters. The molecule has 0 N–H and O–H groups in total. The monoisotopic (exact) mass is 679 g/mol. The molecule has 5 aliphatic carbocycles. The van der Waals surface area contributed by atoms with Gasteiger partial charge in [-0.15, -0.1) is 11.8 Å². The number of rotatable bonds is 7. The number of hydrogen-bond donors (Lipinski definition) is 0. The van der Waals surface area contributed by atoms with E-state index in [0.717, 1.165) is 32.1 Å². The van der Waals surface area contributed by atoms with E-state index in [1.54, 1.807) is 11.1 Å².